The molecule has 1 atom stereocenters. The number of rotatable bonds is 9. The van der Waals surface area contributed by atoms with Crippen molar-refractivity contribution in [3.8, 4) is 0 Å². The van der Waals surface area contributed by atoms with Gasteiger partial charge in [0.1, 0.15) is 11.6 Å². The Bertz CT molecular complexity index is 964. The Morgan fingerprint density at radius 1 is 1.18 bits per heavy atom. The average Bonchev–Trinajstić information content (AvgIpc) is 3.23. The minimum absolute atomic E-state index is 0.161. The van der Waals surface area contributed by atoms with Crippen LogP contribution in [0.4, 0.5) is 5.69 Å². The summed E-state index contributed by atoms with van der Waals surface area (Å²) in [6.45, 7) is 8.18. The summed E-state index contributed by atoms with van der Waals surface area (Å²) in [5, 5.41) is 14.8. The number of amides is 2. The second kappa shape index (κ2) is 11.7. The minimum atomic E-state index is -0.937. The van der Waals surface area contributed by atoms with E-state index < -0.39 is 17.0 Å². The molecular formula is C25H36BrN5O2S. The van der Waals surface area contributed by atoms with Crippen LogP contribution in [-0.4, -0.2) is 43.9 Å². The molecule has 0 radical (unpaired) electrons. The molecule has 1 heterocycles. The Balaban J connectivity index is 1.81. The molecule has 186 valence electrons. The van der Waals surface area contributed by atoms with Gasteiger partial charge >= 0.3 is 0 Å². The number of hydrogen-bond acceptors (Lipinski definition) is 5. The topological polar surface area (TPSA) is 88.9 Å². The molecule has 0 aliphatic heterocycles. The summed E-state index contributed by atoms with van der Waals surface area (Å²) in [6, 6.07) is 6.90. The second-order valence-corrected chi connectivity index (χ2v) is 12.3. The van der Waals surface area contributed by atoms with Crippen LogP contribution in [0, 0.1) is 5.41 Å². The zero-order valence-corrected chi connectivity index (χ0v) is 23.0. The fourth-order valence-corrected chi connectivity index (χ4v) is 5.34. The highest BCUT2D eigenvalue weighted by Gasteiger charge is 2.44. The molecular weight excluding hydrogens is 514 g/mol. The van der Waals surface area contributed by atoms with Crippen LogP contribution in [0.5, 0.6) is 0 Å². The number of benzene rings is 1. The standard InChI is InChI=1S/C25H36BrN5O2S/c1-5-34-16-13-20-17-31(30-29-20)21(24(2,3)4)22(32)28-25(14-7-6-8-15-25)23(33)27-19-11-9-18(26)10-12-19/h9-12,17,21H,5-8,13-16H2,1-4H3,(H,27,33)(H,28,32). The van der Waals surface area contributed by atoms with Crippen LogP contribution in [0.3, 0.4) is 0 Å². The summed E-state index contributed by atoms with van der Waals surface area (Å²) in [5.74, 6) is 1.68. The van der Waals surface area contributed by atoms with Gasteiger partial charge in [-0.2, -0.15) is 11.8 Å². The smallest absolute Gasteiger partial charge is 0.250 e. The molecule has 34 heavy (non-hydrogen) atoms. The van der Waals surface area contributed by atoms with E-state index in [4.69, 9.17) is 0 Å². The van der Waals surface area contributed by atoms with Gasteiger partial charge < -0.3 is 10.6 Å². The highest BCUT2D eigenvalue weighted by atomic mass is 79.9. The van der Waals surface area contributed by atoms with Crippen molar-refractivity contribution < 1.29 is 9.59 Å². The van der Waals surface area contributed by atoms with Crippen molar-refractivity contribution in [3.63, 3.8) is 0 Å². The SMILES string of the molecule is CCSCCc1cn(C(C(=O)NC2(C(=O)Nc3ccc(Br)cc3)CCCCC2)C(C)(C)C)nn1. The number of hydrogen-bond donors (Lipinski definition) is 2. The number of nitrogens with zero attached hydrogens (tertiary/aromatic N) is 3. The summed E-state index contributed by atoms with van der Waals surface area (Å²) < 4.78 is 2.62. The number of halogens is 1. The quantitative estimate of drug-likeness (QED) is 0.410. The number of aryl methyl sites for hydroxylation is 1. The number of anilines is 1. The predicted molar refractivity (Wildman–Crippen MR) is 142 cm³/mol. The first kappa shape index (κ1) is 26.7. The molecule has 9 heteroatoms. The lowest BCUT2D eigenvalue weighted by Crippen LogP contribution is -2.60. The number of thioether (sulfide) groups is 1. The number of carbonyl (C=O) groups excluding carboxylic acids is 2. The van der Waals surface area contributed by atoms with Gasteiger partial charge in [0, 0.05) is 22.8 Å². The lowest BCUT2D eigenvalue weighted by molar-refractivity contribution is -0.136. The van der Waals surface area contributed by atoms with Crippen molar-refractivity contribution in [2.24, 2.45) is 5.41 Å². The van der Waals surface area contributed by atoms with Crippen LogP contribution in [-0.2, 0) is 16.0 Å². The van der Waals surface area contributed by atoms with E-state index in [9.17, 15) is 9.59 Å². The van der Waals surface area contributed by atoms with Gasteiger partial charge in [0.15, 0.2) is 0 Å². The summed E-state index contributed by atoms with van der Waals surface area (Å²) in [7, 11) is 0. The molecule has 1 aromatic carbocycles. The van der Waals surface area contributed by atoms with E-state index >= 15 is 0 Å². The van der Waals surface area contributed by atoms with Crippen molar-refractivity contribution in [2.75, 3.05) is 16.8 Å². The van der Waals surface area contributed by atoms with Crippen LogP contribution >= 0.6 is 27.7 Å². The van der Waals surface area contributed by atoms with Crippen molar-refractivity contribution >= 4 is 45.2 Å². The van der Waals surface area contributed by atoms with Crippen LogP contribution in [0.15, 0.2) is 34.9 Å². The highest BCUT2D eigenvalue weighted by Crippen LogP contribution is 2.34. The highest BCUT2D eigenvalue weighted by molar-refractivity contribution is 9.10. The fraction of sp³-hybridized carbons (Fsp3) is 0.600. The molecule has 1 fully saturated rings. The van der Waals surface area contributed by atoms with E-state index in [0.29, 0.717) is 18.5 Å². The lowest BCUT2D eigenvalue weighted by Gasteiger charge is -2.39. The van der Waals surface area contributed by atoms with Crippen LogP contribution in [0.1, 0.15) is 71.5 Å². The molecule has 0 saturated heterocycles. The van der Waals surface area contributed by atoms with Crippen LogP contribution < -0.4 is 10.6 Å². The maximum absolute atomic E-state index is 13.7. The molecule has 1 aliphatic carbocycles. The third kappa shape index (κ3) is 6.84. The maximum atomic E-state index is 13.7. The zero-order chi connectivity index (χ0) is 24.8. The van der Waals surface area contributed by atoms with E-state index in [-0.39, 0.29) is 11.8 Å². The summed E-state index contributed by atoms with van der Waals surface area (Å²) >= 11 is 5.28. The molecule has 0 bridgehead atoms. The number of aromatic nitrogens is 3. The second-order valence-electron chi connectivity index (χ2n) is 10.00. The molecule has 1 unspecified atom stereocenters. The predicted octanol–water partition coefficient (Wildman–Crippen LogP) is 5.38. The molecule has 2 aromatic rings. The van der Waals surface area contributed by atoms with Gasteiger partial charge in [-0.1, -0.05) is 68.1 Å². The van der Waals surface area contributed by atoms with Crippen LogP contribution in [0.25, 0.3) is 0 Å². The molecule has 1 saturated carbocycles. The molecule has 1 aliphatic rings. The first-order chi connectivity index (χ1) is 16.1. The molecule has 7 nitrogen and oxygen atoms in total. The Hall–Kier alpha value is -1.87. The van der Waals surface area contributed by atoms with Gasteiger partial charge in [0.05, 0.1) is 5.69 Å². The van der Waals surface area contributed by atoms with E-state index in [1.54, 1.807) is 4.68 Å². The maximum Gasteiger partial charge on any atom is 0.250 e. The number of carbonyl (C=O) groups is 2. The van der Waals surface area contributed by atoms with Gasteiger partial charge in [0.25, 0.3) is 0 Å². The third-order valence-electron chi connectivity index (χ3n) is 6.20. The third-order valence-corrected chi connectivity index (χ3v) is 7.63. The van der Waals surface area contributed by atoms with Crippen molar-refractivity contribution in [1.82, 2.24) is 20.3 Å². The summed E-state index contributed by atoms with van der Waals surface area (Å²) in [5.41, 5.74) is 0.243. The summed E-state index contributed by atoms with van der Waals surface area (Å²) in [4.78, 5) is 27.2. The van der Waals surface area contributed by atoms with E-state index in [0.717, 1.165) is 47.4 Å². The minimum Gasteiger partial charge on any atom is -0.340 e. The Morgan fingerprint density at radius 3 is 2.47 bits per heavy atom. The molecule has 1 aromatic heterocycles. The van der Waals surface area contributed by atoms with Crippen molar-refractivity contribution in [1.29, 1.82) is 0 Å². The summed E-state index contributed by atoms with van der Waals surface area (Å²) in [6.07, 6.45) is 6.79. The lowest BCUT2D eigenvalue weighted by atomic mass is 9.79. The molecule has 2 amide bonds. The average molecular weight is 551 g/mol. The van der Waals surface area contributed by atoms with E-state index in [1.165, 1.54) is 0 Å². The molecule has 0 spiro atoms. The first-order valence-corrected chi connectivity index (χ1v) is 14.0. The zero-order valence-electron chi connectivity index (χ0n) is 20.6. The van der Waals surface area contributed by atoms with Gasteiger partial charge in [0.2, 0.25) is 11.8 Å². The Labute approximate surface area is 215 Å². The first-order valence-electron chi connectivity index (χ1n) is 12.0. The fourth-order valence-electron chi connectivity index (χ4n) is 4.44. The van der Waals surface area contributed by atoms with Gasteiger partial charge in [-0.3, -0.25) is 9.59 Å². The normalized spacial score (nSPS) is 16.6. The monoisotopic (exact) mass is 549 g/mol. The van der Waals surface area contributed by atoms with Gasteiger partial charge in [-0.25, -0.2) is 4.68 Å². The number of nitrogens with one attached hydrogen (secondary N) is 2. The molecule has 3 rings (SSSR count). The van der Waals surface area contributed by atoms with Gasteiger partial charge in [-0.05, 0) is 54.0 Å². The van der Waals surface area contributed by atoms with Crippen molar-refractivity contribution in [3.05, 3.63) is 40.6 Å². The van der Waals surface area contributed by atoms with E-state index in [2.05, 4.69) is 43.8 Å². The van der Waals surface area contributed by atoms with Gasteiger partial charge in [-0.15, -0.1) is 5.10 Å². The van der Waals surface area contributed by atoms with E-state index in [1.807, 2.05) is 63.0 Å². The largest absolute Gasteiger partial charge is 0.340 e. The Morgan fingerprint density at radius 2 is 1.85 bits per heavy atom. The van der Waals surface area contributed by atoms with Crippen LogP contribution in [0.2, 0.25) is 0 Å². The van der Waals surface area contributed by atoms with Crippen molar-refractivity contribution in [2.45, 2.75) is 77.8 Å². The molecule has 2 N–H and O–H groups in total. The Kier molecular flexibility index (Phi) is 9.20.